The highest BCUT2D eigenvalue weighted by atomic mass is 32.1. The lowest BCUT2D eigenvalue weighted by Gasteiger charge is -2.04. The van der Waals surface area contributed by atoms with Gasteiger partial charge in [0.1, 0.15) is 0 Å². The summed E-state index contributed by atoms with van der Waals surface area (Å²) < 4.78 is 1.26. The molecule has 2 aromatic carbocycles. The van der Waals surface area contributed by atoms with E-state index in [1.807, 2.05) is 28.9 Å². The molecule has 5 aromatic rings. The highest BCUT2D eigenvalue weighted by molar-refractivity contribution is 7.26. The third-order valence-electron chi connectivity index (χ3n) is 4.44. The fraction of sp³-hybridized carbons (Fsp3) is 0.0455. The normalized spacial score (nSPS) is 11.4. The molecule has 1 nitrogen and oxygen atoms in total. The van der Waals surface area contributed by atoms with Crippen LogP contribution < -0.4 is 0 Å². The maximum absolute atomic E-state index is 4.71. The minimum absolute atomic E-state index is 1.08. The largest absolute Gasteiger partial charge is 0.255 e. The van der Waals surface area contributed by atoms with Gasteiger partial charge in [0.25, 0.3) is 0 Å². The first-order valence-electron chi connectivity index (χ1n) is 8.22. The summed E-state index contributed by atoms with van der Waals surface area (Å²) in [5.74, 6) is 0. The zero-order chi connectivity index (χ0) is 16.8. The summed E-state index contributed by atoms with van der Waals surface area (Å²) in [7, 11) is 0. The van der Waals surface area contributed by atoms with E-state index in [0.29, 0.717) is 0 Å². The highest BCUT2D eigenvalue weighted by Gasteiger charge is 2.12. The number of hydrogen-bond donors (Lipinski definition) is 0. The summed E-state index contributed by atoms with van der Waals surface area (Å²) in [4.78, 5) is 8.72. The number of benzene rings is 2. The van der Waals surface area contributed by atoms with Gasteiger partial charge in [-0.25, -0.2) is 0 Å². The van der Waals surface area contributed by atoms with Gasteiger partial charge in [-0.15, -0.1) is 22.7 Å². The van der Waals surface area contributed by atoms with Crippen molar-refractivity contribution in [1.29, 1.82) is 0 Å². The minimum atomic E-state index is 1.08. The molecule has 3 aromatic heterocycles. The van der Waals surface area contributed by atoms with Crippen molar-refractivity contribution in [3.8, 4) is 21.0 Å². The zero-order valence-corrected chi connectivity index (χ0v) is 15.3. The standard InChI is InChI=1S/C22H15NS2/c1-14-6-9-19(24-14)20-13-18-10-11-23-21(22(18)25-20)17-8-7-15-4-2-3-5-16(15)12-17/h2-13H,1H3. The number of fused-ring (bicyclic) bond motifs is 2. The van der Waals surface area contributed by atoms with Crippen molar-refractivity contribution < 1.29 is 0 Å². The Morgan fingerprint density at radius 1 is 0.720 bits per heavy atom. The van der Waals surface area contributed by atoms with Gasteiger partial charge in [0.15, 0.2) is 0 Å². The van der Waals surface area contributed by atoms with Crippen LogP contribution in [0.3, 0.4) is 0 Å². The molecule has 0 atom stereocenters. The summed E-state index contributed by atoms with van der Waals surface area (Å²) in [6, 6.07) is 23.9. The van der Waals surface area contributed by atoms with Crippen LogP contribution in [0, 0.1) is 6.92 Å². The first kappa shape index (κ1) is 14.8. The van der Waals surface area contributed by atoms with E-state index < -0.39 is 0 Å². The Balaban J connectivity index is 1.71. The molecule has 0 aliphatic carbocycles. The molecule has 5 rings (SSSR count). The van der Waals surface area contributed by atoms with E-state index in [0.717, 1.165) is 5.69 Å². The predicted octanol–water partition coefficient (Wildman–Crippen LogP) is 7.15. The number of nitrogens with zero attached hydrogens (tertiary/aromatic N) is 1. The molecule has 0 aliphatic rings. The molecule has 3 heteroatoms. The molecular formula is C22H15NS2. The smallest absolute Gasteiger partial charge is 0.0880 e. The molecule has 120 valence electrons. The third-order valence-corrected chi connectivity index (χ3v) is 6.79. The van der Waals surface area contributed by atoms with Gasteiger partial charge < -0.3 is 0 Å². The van der Waals surface area contributed by atoms with Gasteiger partial charge in [0.2, 0.25) is 0 Å². The minimum Gasteiger partial charge on any atom is -0.255 e. The van der Waals surface area contributed by atoms with E-state index >= 15 is 0 Å². The lowest BCUT2D eigenvalue weighted by atomic mass is 10.0. The Labute approximate surface area is 154 Å². The molecule has 0 unspecified atom stereocenters. The van der Waals surface area contributed by atoms with Crippen molar-refractivity contribution in [2.45, 2.75) is 6.92 Å². The average Bonchev–Trinajstić information content (AvgIpc) is 3.27. The molecule has 0 fully saturated rings. The molecule has 0 aliphatic heterocycles. The Morgan fingerprint density at radius 2 is 1.60 bits per heavy atom. The van der Waals surface area contributed by atoms with Crippen LogP contribution in [-0.2, 0) is 0 Å². The fourth-order valence-electron chi connectivity index (χ4n) is 3.20. The van der Waals surface area contributed by atoms with E-state index in [1.54, 1.807) is 0 Å². The van der Waals surface area contributed by atoms with Gasteiger partial charge in [-0.3, -0.25) is 4.98 Å². The van der Waals surface area contributed by atoms with Crippen molar-refractivity contribution in [2.75, 3.05) is 0 Å². The van der Waals surface area contributed by atoms with Crippen molar-refractivity contribution in [1.82, 2.24) is 4.98 Å². The SMILES string of the molecule is Cc1ccc(-c2cc3ccnc(-c4ccc5ccccc5c4)c3s2)s1. The van der Waals surface area contributed by atoms with Crippen LogP contribution in [0.25, 0.3) is 41.9 Å². The molecule has 0 bridgehead atoms. The van der Waals surface area contributed by atoms with Crippen LogP contribution in [0.15, 0.2) is 72.9 Å². The van der Waals surface area contributed by atoms with Gasteiger partial charge in [-0.2, -0.15) is 0 Å². The number of aryl methyl sites for hydroxylation is 1. The highest BCUT2D eigenvalue weighted by Crippen LogP contribution is 2.40. The Bertz CT molecular complexity index is 1210. The zero-order valence-electron chi connectivity index (χ0n) is 13.7. The van der Waals surface area contributed by atoms with Gasteiger partial charge in [-0.1, -0.05) is 36.4 Å². The Morgan fingerprint density at radius 3 is 2.44 bits per heavy atom. The van der Waals surface area contributed by atoms with E-state index in [-0.39, 0.29) is 0 Å². The summed E-state index contributed by atoms with van der Waals surface area (Å²) in [6.07, 6.45) is 1.92. The lowest BCUT2D eigenvalue weighted by molar-refractivity contribution is 1.37. The maximum atomic E-state index is 4.71. The van der Waals surface area contributed by atoms with Crippen molar-refractivity contribution in [3.63, 3.8) is 0 Å². The van der Waals surface area contributed by atoms with Gasteiger partial charge in [-0.05, 0) is 53.4 Å². The second-order valence-corrected chi connectivity index (χ2v) is 8.50. The third kappa shape index (κ3) is 2.56. The Kier molecular flexibility index (Phi) is 3.44. The lowest BCUT2D eigenvalue weighted by Crippen LogP contribution is -1.83. The average molecular weight is 358 g/mol. The van der Waals surface area contributed by atoms with Gasteiger partial charge in [0.05, 0.1) is 10.4 Å². The number of hydrogen-bond acceptors (Lipinski definition) is 3. The first-order chi connectivity index (χ1) is 12.3. The van der Waals surface area contributed by atoms with Crippen LogP contribution in [-0.4, -0.2) is 4.98 Å². The summed E-state index contributed by atoms with van der Waals surface area (Å²) in [5, 5.41) is 3.79. The molecule has 0 amide bonds. The van der Waals surface area contributed by atoms with Gasteiger partial charge >= 0.3 is 0 Å². The molecule has 25 heavy (non-hydrogen) atoms. The molecule has 0 saturated carbocycles. The maximum Gasteiger partial charge on any atom is 0.0880 e. The summed E-state index contributed by atoms with van der Waals surface area (Å²) in [6.45, 7) is 2.16. The Hall–Kier alpha value is -2.49. The van der Waals surface area contributed by atoms with Crippen LogP contribution in [0.2, 0.25) is 0 Å². The van der Waals surface area contributed by atoms with Crippen LogP contribution in [0.5, 0.6) is 0 Å². The van der Waals surface area contributed by atoms with Crippen molar-refractivity contribution in [2.24, 2.45) is 0 Å². The quantitative estimate of drug-likeness (QED) is 0.327. The molecule has 0 spiro atoms. The second kappa shape index (κ2) is 5.80. The van der Waals surface area contributed by atoms with Crippen molar-refractivity contribution >= 4 is 43.5 Å². The predicted molar refractivity (Wildman–Crippen MR) is 111 cm³/mol. The molecule has 0 saturated heterocycles. The number of rotatable bonds is 2. The molecule has 0 N–H and O–H groups in total. The number of aromatic nitrogens is 1. The first-order valence-corrected chi connectivity index (χ1v) is 9.86. The van der Waals surface area contributed by atoms with E-state index in [9.17, 15) is 0 Å². The van der Waals surface area contributed by atoms with Crippen molar-refractivity contribution in [3.05, 3.63) is 77.8 Å². The van der Waals surface area contributed by atoms with Crippen LogP contribution in [0.1, 0.15) is 4.88 Å². The summed E-state index contributed by atoms with van der Waals surface area (Å²) in [5.41, 5.74) is 2.26. The van der Waals surface area contributed by atoms with Crippen LogP contribution in [0.4, 0.5) is 0 Å². The van der Waals surface area contributed by atoms with E-state index in [1.165, 1.54) is 41.1 Å². The molecule has 0 radical (unpaired) electrons. The van der Waals surface area contributed by atoms with Crippen LogP contribution >= 0.6 is 22.7 Å². The molecule has 3 heterocycles. The topological polar surface area (TPSA) is 12.9 Å². The van der Waals surface area contributed by atoms with E-state index in [4.69, 9.17) is 4.98 Å². The number of pyridine rings is 1. The number of thiophene rings is 2. The second-order valence-electron chi connectivity index (χ2n) is 6.16. The van der Waals surface area contributed by atoms with Gasteiger partial charge in [0, 0.05) is 26.4 Å². The molecular weight excluding hydrogens is 342 g/mol. The summed E-state index contributed by atoms with van der Waals surface area (Å²) >= 11 is 3.69. The van der Waals surface area contributed by atoms with E-state index in [2.05, 4.69) is 73.7 Å². The monoisotopic (exact) mass is 357 g/mol. The fourth-order valence-corrected chi connectivity index (χ4v) is 5.31.